The minimum Gasteiger partial charge on any atom is -0.346 e. The number of rotatable bonds is 3. The van der Waals surface area contributed by atoms with E-state index in [0.717, 1.165) is 16.9 Å². The summed E-state index contributed by atoms with van der Waals surface area (Å²) in [4.78, 5) is 11.5. The molecule has 0 bridgehead atoms. The number of carbonyl (C=O) groups is 1. The first-order chi connectivity index (χ1) is 7.25. The third kappa shape index (κ3) is 2.51. The molecule has 78 valence electrons. The zero-order valence-electron chi connectivity index (χ0n) is 7.40. The van der Waals surface area contributed by atoms with Crippen LogP contribution in [0.25, 0.3) is 0 Å². The molecular formula is C7H6ClN5OS. The van der Waals surface area contributed by atoms with Crippen LogP contribution in [0, 0.1) is 0 Å². The number of hydrogen-bond donors (Lipinski definition) is 2. The zero-order chi connectivity index (χ0) is 10.7. The van der Waals surface area contributed by atoms with Crippen LogP contribution in [0.4, 0.5) is 0 Å². The lowest BCUT2D eigenvalue weighted by Gasteiger charge is -1.98. The van der Waals surface area contributed by atoms with Crippen molar-refractivity contribution in [3.63, 3.8) is 0 Å². The Morgan fingerprint density at radius 2 is 2.47 bits per heavy atom. The van der Waals surface area contributed by atoms with E-state index in [0.29, 0.717) is 6.54 Å². The van der Waals surface area contributed by atoms with Gasteiger partial charge in [0.2, 0.25) is 9.47 Å². The molecular weight excluding hydrogens is 238 g/mol. The van der Waals surface area contributed by atoms with Gasteiger partial charge in [-0.3, -0.25) is 9.89 Å². The molecule has 2 N–H and O–H groups in total. The van der Waals surface area contributed by atoms with Crippen molar-refractivity contribution in [3.8, 4) is 0 Å². The van der Waals surface area contributed by atoms with Crippen LogP contribution >= 0.6 is 22.9 Å². The van der Waals surface area contributed by atoms with Crippen molar-refractivity contribution in [2.24, 2.45) is 0 Å². The molecule has 0 saturated heterocycles. The fourth-order valence-electron chi connectivity index (χ4n) is 0.929. The second kappa shape index (κ2) is 4.37. The normalized spacial score (nSPS) is 10.2. The van der Waals surface area contributed by atoms with E-state index >= 15 is 0 Å². The minimum absolute atomic E-state index is 0.253. The molecule has 0 unspecified atom stereocenters. The highest BCUT2D eigenvalue weighted by molar-refractivity contribution is 7.17. The van der Waals surface area contributed by atoms with Crippen molar-refractivity contribution in [1.82, 2.24) is 25.7 Å². The summed E-state index contributed by atoms with van der Waals surface area (Å²) in [5.74, 6) is -0.291. The Morgan fingerprint density at radius 3 is 3.07 bits per heavy atom. The zero-order valence-corrected chi connectivity index (χ0v) is 8.97. The van der Waals surface area contributed by atoms with E-state index in [9.17, 15) is 4.79 Å². The van der Waals surface area contributed by atoms with Crippen LogP contribution in [0.15, 0.2) is 12.4 Å². The van der Waals surface area contributed by atoms with E-state index in [1.54, 1.807) is 12.4 Å². The number of amides is 1. The lowest BCUT2D eigenvalue weighted by molar-refractivity contribution is 0.0950. The molecule has 8 heteroatoms. The third-order valence-corrected chi connectivity index (χ3v) is 2.62. The van der Waals surface area contributed by atoms with Gasteiger partial charge in [-0.15, -0.1) is 10.2 Å². The fraction of sp³-hybridized carbons (Fsp3) is 0.143. The quantitative estimate of drug-likeness (QED) is 0.837. The summed E-state index contributed by atoms with van der Waals surface area (Å²) < 4.78 is 0.253. The van der Waals surface area contributed by atoms with Gasteiger partial charge in [0.25, 0.3) is 5.91 Å². The van der Waals surface area contributed by atoms with Crippen molar-refractivity contribution in [1.29, 1.82) is 0 Å². The highest BCUT2D eigenvalue weighted by Crippen LogP contribution is 2.14. The maximum Gasteiger partial charge on any atom is 0.282 e. The second-order valence-corrected chi connectivity index (χ2v) is 4.21. The molecule has 0 fully saturated rings. The Labute approximate surface area is 93.7 Å². The molecule has 2 aromatic rings. The number of aromatic amines is 1. The molecule has 1 amide bonds. The largest absolute Gasteiger partial charge is 0.346 e. The monoisotopic (exact) mass is 243 g/mol. The van der Waals surface area contributed by atoms with Gasteiger partial charge in [0.15, 0.2) is 0 Å². The number of nitrogens with zero attached hydrogens (tertiary/aromatic N) is 3. The maximum atomic E-state index is 11.5. The molecule has 2 heterocycles. The van der Waals surface area contributed by atoms with Crippen LogP contribution in [0.3, 0.4) is 0 Å². The standard InChI is InChI=1S/C7H6ClN5OS/c8-7-13-12-6(15-7)5(14)9-1-4-2-10-11-3-4/h2-3H,1H2,(H,9,14)(H,10,11). The number of nitrogens with one attached hydrogen (secondary N) is 2. The van der Waals surface area contributed by atoms with E-state index in [1.807, 2.05) is 0 Å². The van der Waals surface area contributed by atoms with E-state index < -0.39 is 0 Å². The first kappa shape index (κ1) is 10.1. The van der Waals surface area contributed by atoms with Crippen LogP contribution in [0.5, 0.6) is 0 Å². The topological polar surface area (TPSA) is 83.6 Å². The smallest absolute Gasteiger partial charge is 0.282 e. The van der Waals surface area contributed by atoms with E-state index in [1.165, 1.54) is 0 Å². The van der Waals surface area contributed by atoms with Crippen LogP contribution in [-0.4, -0.2) is 26.3 Å². The Kier molecular flexibility index (Phi) is 2.93. The molecule has 0 atom stereocenters. The molecule has 0 aromatic carbocycles. The Morgan fingerprint density at radius 1 is 1.60 bits per heavy atom. The Balaban J connectivity index is 1.93. The molecule has 0 spiro atoms. The van der Waals surface area contributed by atoms with Crippen molar-refractivity contribution in [3.05, 3.63) is 27.4 Å². The predicted octanol–water partition coefficient (Wildman–Crippen LogP) is 0.845. The number of aromatic nitrogens is 4. The molecule has 0 aliphatic heterocycles. The first-order valence-corrected chi connectivity index (χ1v) is 5.20. The molecule has 0 radical (unpaired) electrons. The summed E-state index contributed by atoms with van der Waals surface area (Å²) in [5, 5.41) is 16.5. The third-order valence-electron chi connectivity index (χ3n) is 1.60. The summed E-state index contributed by atoms with van der Waals surface area (Å²) in [6, 6.07) is 0. The van der Waals surface area contributed by atoms with Gasteiger partial charge in [0.1, 0.15) is 0 Å². The van der Waals surface area contributed by atoms with Crippen LogP contribution in [-0.2, 0) is 6.54 Å². The van der Waals surface area contributed by atoms with Crippen LogP contribution in [0.1, 0.15) is 15.4 Å². The van der Waals surface area contributed by atoms with E-state index in [-0.39, 0.29) is 15.4 Å². The molecule has 2 aromatic heterocycles. The summed E-state index contributed by atoms with van der Waals surface area (Å²) in [7, 11) is 0. The second-order valence-electron chi connectivity index (χ2n) is 2.65. The highest BCUT2D eigenvalue weighted by Gasteiger charge is 2.11. The van der Waals surface area contributed by atoms with E-state index in [4.69, 9.17) is 11.6 Å². The van der Waals surface area contributed by atoms with Crippen LogP contribution in [0.2, 0.25) is 4.47 Å². The van der Waals surface area contributed by atoms with E-state index in [2.05, 4.69) is 25.7 Å². The number of hydrogen-bond acceptors (Lipinski definition) is 5. The Hall–Kier alpha value is -1.47. The molecule has 0 saturated carbocycles. The van der Waals surface area contributed by atoms with Gasteiger partial charge < -0.3 is 5.32 Å². The van der Waals surface area contributed by atoms with Gasteiger partial charge in [-0.1, -0.05) is 11.3 Å². The van der Waals surface area contributed by atoms with Crippen molar-refractivity contribution in [2.75, 3.05) is 0 Å². The first-order valence-electron chi connectivity index (χ1n) is 4.00. The summed E-state index contributed by atoms with van der Waals surface area (Å²) in [6.45, 7) is 0.395. The summed E-state index contributed by atoms with van der Waals surface area (Å²) >= 11 is 6.59. The lowest BCUT2D eigenvalue weighted by Crippen LogP contribution is -2.22. The Bertz CT molecular complexity index is 454. The number of H-pyrrole nitrogens is 1. The SMILES string of the molecule is O=C(NCc1cn[nH]c1)c1nnc(Cl)s1. The maximum absolute atomic E-state index is 11.5. The summed E-state index contributed by atoms with van der Waals surface area (Å²) in [5.41, 5.74) is 0.888. The predicted molar refractivity (Wildman–Crippen MR) is 54.7 cm³/mol. The van der Waals surface area contributed by atoms with Gasteiger partial charge in [0, 0.05) is 18.3 Å². The van der Waals surface area contributed by atoms with Gasteiger partial charge in [-0.2, -0.15) is 5.10 Å². The van der Waals surface area contributed by atoms with Crippen molar-refractivity contribution < 1.29 is 4.79 Å². The average Bonchev–Trinajstić information content (AvgIpc) is 2.84. The van der Waals surface area contributed by atoms with Crippen LogP contribution < -0.4 is 5.32 Å². The number of halogens is 1. The fourth-order valence-corrected chi connectivity index (χ4v) is 1.67. The van der Waals surface area contributed by atoms with Gasteiger partial charge in [-0.25, -0.2) is 0 Å². The number of carbonyl (C=O) groups excluding carboxylic acids is 1. The molecule has 0 aliphatic carbocycles. The van der Waals surface area contributed by atoms with Gasteiger partial charge >= 0.3 is 0 Å². The molecule has 6 nitrogen and oxygen atoms in total. The minimum atomic E-state index is -0.291. The van der Waals surface area contributed by atoms with Crippen molar-refractivity contribution in [2.45, 2.75) is 6.54 Å². The average molecular weight is 244 g/mol. The molecule has 0 aliphatic rings. The molecule has 2 rings (SSSR count). The van der Waals surface area contributed by atoms with Gasteiger partial charge in [-0.05, 0) is 11.6 Å². The molecule has 15 heavy (non-hydrogen) atoms. The van der Waals surface area contributed by atoms with Crippen molar-refractivity contribution >= 4 is 28.8 Å². The highest BCUT2D eigenvalue weighted by atomic mass is 35.5. The summed E-state index contributed by atoms with van der Waals surface area (Å²) in [6.07, 6.45) is 3.33. The van der Waals surface area contributed by atoms with Gasteiger partial charge in [0.05, 0.1) is 6.20 Å². The lowest BCUT2D eigenvalue weighted by atomic mass is 10.3.